The van der Waals surface area contributed by atoms with Crippen molar-refractivity contribution in [2.75, 3.05) is 25.1 Å². The summed E-state index contributed by atoms with van der Waals surface area (Å²) in [7, 11) is 0. The number of hydrogen-bond donors (Lipinski definition) is 3. The Labute approximate surface area is 242 Å². The Morgan fingerprint density at radius 2 is 2.02 bits per heavy atom. The number of aromatic nitrogens is 5. The molecule has 1 aromatic carbocycles. The first-order valence-electron chi connectivity index (χ1n) is 13.1. The van der Waals surface area contributed by atoms with Crippen LogP contribution in [0.15, 0.2) is 53.8 Å². The maximum Gasteiger partial charge on any atom is 0.416 e. The summed E-state index contributed by atoms with van der Waals surface area (Å²) >= 11 is 6.39. The number of amides is 1. The number of halogens is 4. The lowest BCUT2D eigenvalue weighted by Crippen LogP contribution is -2.39. The van der Waals surface area contributed by atoms with E-state index < -0.39 is 41.9 Å². The molecular formula is C27H27ClF3N7O4. The third-order valence-corrected chi connectivity index (χ3v) is 7.32. The Hall–Kier alpha value is -4.01. The number of hydrogen-bond acceptors (Lipinski definition) is 8. The van der Waals surface area contributed by atoms with Gasteiger partial charge in [0.05, 0.1) is 35.1 Å². The average Bonchev–Trinajstić information content (AvgIpc) is 3.42. The minimum Gasteiger partial charge on any atom is -0.394 e. The molecule has 2 unspecified atom stereocenters. The number of aliphatic hydroxyl groups is 1. The van der Waals surface area contributed by atoms with Crippen LogP contribution in [0, 0.1) is 0 Å². The fourth-order valence-corrected chi connectivity index (χ4v) is 4.86. The minimum atomic E-state index is -4.59. The van der Waals surface area contributed by atoms with Crippen LogP contribution in [-0.4, -0.2) is 61.0 Å². The van der Waals surface area contributed by atoms with Gasteiger partial charge in [0.25, 0.3) is 5.56 Å². The van der Waals surface area contributed by atoms with Gasteiger partial charge in [-0.05, 0) is 43.5 Å². The van der Waals surface area contributed by atoms with E-state index in [1.807, 2.05) is 0 Å². The van der Waals surface area contributed by atoms with Gasteiger partial charge in [-0.15, -0.1) is 0 Å². The number of carbonyl (C=O) groups is 1. The second-order valence-corrected chi connectivity index (χ2v) is 10.3. The van der Waals surface area contributed by atoms with Gasteiger partial charge in [-0.3, -0.25) is 14.2 Å². The molecule has 1 fully saturated rings. The molecule has 3 N–H and O–H groups in total. The van der Waals surface area contributed by atoms with E-state index in [0.29, 0.717) is 30.4 Å². The number of anilines is 1. The van der Waals surface area contributed by atoms with E-state index in [1.165, 1.54) is 36.1 Å². The highest BCUT2D eigenvalue weighted by molar-refractivity contribution is 6.32. The monoisotopic (exact) mass is 605 g/mol. The molecule has 4 aromatic rings. The quantitative estimate of drug-likeness (QED) is 0.277. The molecule has 5 rings (SSSR count). The number of fused-ring (bicyclic) bond motifs is 1. The standard InChI is InChI=1S/C27H27ClF3N7O4/c1-15(24(40)35-21(13-39)16-3-2-4-18(9-16)27(29,30)31)37-14-33-38-12-17(10-22(38)25(37)41)23-20(28)11-32-26(36-23)34-19-5-7-42-8-6-19/h2-4,9-12,14-15,19,21,39H,5-8,13H2,1H3,(H,35,40)(H,32,34,36). The summed E-state index contributed by atoms with van der Waals surface area (Å²) in [5, 5.41) is 20.1. The first-order valence-corrected chi connectivity index (χ1v) is 13.5. The number of benzene rings is 1. The highest BCUT2D eigenvalue weighted by Crippen LogP contribution is 2.31. The maximum atomic E-state index is 13.4. The summed E-state index contributed by atoms with van der Waals surface area (Å²) < 4.78 is 47.3. The van der Waals surface area contributed by atoms with E-state index >= 15 is 0 Å². The predicted molar refractivity (Wildman–Crippen MR) is 147 cm³/mol. The van der Waals surface area contributed by atoms with E-state index in [0.717, 1.165) is 29.5 Å². The first kappa shape index (κ1) is 29.5. The van der Waals surface area contributed by atoms with Crippen molar-refractivity contribution in [3.63, 3.8) is 0 Å². The zero-order valence-corrected chi connectivity index (χ0v) is 23.1. The molecule has 0 bridgehead atoms. The van der Waals surface area contributed by atoms with Crippen molar-refractivity contribution in [2.45, 2.75) is 44.1 Å². The highest BCUT2D eigenvalue weighted by atomic mass is 35.5. The van der Waals surface area contributed by atoms with E-state index in [-0.39, 0.29) is 22.1 Å². The zero-order valence-electron chi connectivity index (χ0n) is 22.3. The molecule has 11 nitrogen and oxygen atoms in total. The lowest BCUT2D eigenvalue weighted by molar-refractivity contribution is -0.137. The zero-order chi connectivity index (χ0) is 30.0. The van der Waals surface area contributed by atoms with Gasteiger partial charge < -0.3 is 20.5 Å². The van der Waals surface area contributed by atoms with Crippen LogP contribution in [0.3, 0.4) is 0 Å². The molecule has 222 valence electrons. The molecule has 2 atom stereocenters. The molecule has 1 amide bonds. The molecule has 1 saturated heterocycles. The third kappa shape index (κ3) is 6.25. The average molecular weight is 606 g/mol. The Kier molecular flexibility index (Phi) is 8.48. The molecule has 1 aliphatic rings. The number of alkyl halides is 3. The van der Waals surface area contributed by atoms with Crippen molar-refractivity contribution in [1.82, 2.24) is 29.5 Å². The van der Waals surface area contributed by atoms with Crippen molar-refractivity contribution < 1.29 is 27.8 Å². The van der Waals surface area contributed by atoms with Crippen LogP contribution in [0.2, 0.25) is 5.02 Å². The third-order valence-electron chi connectivity index (χ3n) is 7.04. The maximum absolute atomic E-state index is 13.4. The highest BCUT2D eigenvalue weighted by Gasteiger charge is 2.31. The summed E-state index contributed by atoms with van der Waals surface area (Å²) in [5.74, 6) is -0.319. The van der Waals surface area contributed by atoms with Crippen LogP contribution in [0.4, 0.5) is 19.1 Å². The molecule has 0 aliphatic carbocycles. The summed E-state index contributed by atoms with van der Waals surface area (Å²) in [6.07, 6.45) is 1.26. The number of aliphatic hydroxyl groups excluding tert-OH is 1. The van der Waals surface area contributed by atoms with E-state index in [2.05, 4.69) is 25.7 Å². The minimum absolute atomic E-state index is 0.0671. The molecule has 3 aromatic heterocycles. The van der Waals surface area contributed by atoms with Crippen molar-refractivity contribution >= 4 is 29.0 Å². The van der Waals surface area contributed by atoms with Crippen molar-refractivity contribution in [2.24, 2.45) is 0 Å². The van der Waals surface area contributed by atoms with E-state index in [1.54, 1.807) is 12.3 Å². The number of nitrogens with zero attached hydrogens (tertiary/aromatic N) is 5. The SMILES string of the molecule is CC(C(=O)NC(CO)c1cccc(C(F)(F)F)c1)n1cnn2cc(-c3nc(NC4CCOCC4)ncc3Cl)cc2c1=O. The Balaban J connectivity index is 1.37. The Morgan fingerprint density at radius 3 is 2.74 bits per heavy atom. The van der Waals surface area contributed by atoms with Gasteiger partial charge in [0, 0.05) is 31.0 Å². The molecule has 0 spiro atoms. The molecule has 42 heavy (non-hydrogen) atoms. The van der Waals surface area contributed by atoms with Crippen LogP contribution in [-0.2, 0) is 15.7 Å². The van der Waals surface area contributed by atoms with Crippen molar-refractivity contribution in [1.29, 1.82) is 0 Å². The topological polar surface area (TPSA) is 136 Å². The fourth-order valence-electron chi connectivity index (χ4n) is 4.66. The van der Waals surface area contributed by atoms with Gasteiger partial charge in [0.2, 0.25) is 11.9 Å². The normalized spacial score (nSPS) is 15.9. The molecule has 4 heterocycles. The second-order valence-electron chi connectivity index (χ2n) is 9.87. The van der Waals surface area contributed by atoms with Gasteiger partial charge in [0.1, 0.15) is 17.9 Å². The van der Waals surface area contributed by atoms with Gasteiger partial charge in [-0.1, -0.05) is 23.7 Å². The van der Waals surface area contributed by atoms with Crippen LogP contribution in [0.1, 0.15) is 43.0 Å². The van der Waals surface area contributed by atoms with Crippen LogP contribution < -0.4 is 16.2 Å². The Bertz CT molecular complexity index is 1650. The van der Waals surface area contributed by atoms with Gasteiger partial charge in [-0.2, -0.15) is 18.3 Å². The smallest absolute Gasteiger partial charge is 0.394 e. The summed E-state index contributed by atoms with van der Waals surface area (Å²) in [4.78, 5) is 35.2. The number of nitrogens with one attached hydrogen (secondary N) is 2. The summed E-state index contributed by atoms with van der Waals surface area (Å²) in [6.45, 7) is 2.07. The summed E-state index contributed by atoms with van der Waals surface area (Å²) in [6, 6.07) is 3.78. The largest absolute Gasteiger partial charge is 0.416 e. The van der Waals surface area contributed by atoms with Crippen LogP contribution in [0.25, 0.3) is 16.8 Å². The molecule has 15 heteroatoms. The van der Waals surface area contributed by atoms with E-state index in [4.69, 9.17) is 16.3 Å². The number of rotatable bonds is 8. The van der Waals surface area contributed by atoms with Crippen molar-refractivity contribution in [3.05, 3.63) is 75.6 Å². The first-order chi connectivity index (χ1) is 20.0. The molecule has 0 saturated carbocycles. The summed E-state index contributed by atoms with van der Waals surface area (Å²) in [5.41, 5.74) is -0.373. The van der Waals surface area contributed by atoms with Gasteiger partial charge in [-0.25, -0.2) is 14.5 Å². The predicted octanol–water partition coefficient (Wildman–Crippen LogP) is 3.63. The lowest BCUT2D eigenvalue weighted by atomic mass is 10.0. The molecule has 0 radical (unpaired) electrons. The fraction of sp³-hybridized carbons (Fsp3) is 0.370. The van der Waals surface area contributed by atoms with E-state index in [9.17, 15) is 27.9 Å². The number of ether oxygens (including phenoxy) is 1. The lowest BCUT2D eigenvalue weighted by Gasteiger charge is -2.23. The molecular weight excluding hydrogens is 579 g/mol. The van der Waals surface area contributed by atoms with Crippen LogP contribution >= 0.6 is 11.6 Å². The molecule has 1 aliphatic heterocycles. The second kappa shape index (κ2) is 12.1. The van der Waals surface area contributed by atoms with Gasteiger partial charge >= 0.3 is 6.18 Å². The van der Waals surface area contributed by atoms with Gasteiger partial charge in [0.15, 0.2) is 0 Å². The van der Waals surface area contributed by atoms with Crippen LogP contribution in [0.5, 0.6) is 0 Å². The number of carbonyl (C=O) groups excluding carboxylic acids is 1. The van der Waals surface area contributed by atoms with Crippen molar-refractivity contribution in [3.8, 4) is 11.3 Å². The Morgan fingerprint density at radius 1 is 1.26 bits per heavy atom.